The van der Waals surface area contributed by atoms with Gasteiger partial charge < -0.3 is 9.47 Å². The lowest BCUT2D eigenvalue weighted by molar-refractivity contribution is -0.138. The highest BCUT2D eigenvalue weighted by Gasteiger charge is 2.33. The van der Waals surface area contributed by atoms with Crippen molar-refractivity contribution in [3.63, 3.8) is 0 Å². The molecule has 21 heavy (non-hydrogen) atoms. The van der Waals surface area contributed by atoms with Crippen LogP contribution in [0, 0.1) is 0 Å². The third-order valence-corrected chi connectivity index (χ3v) is 3.64. The first kappa shape index (κ1) is 15.4. The van der Waals surface area contributed by atoms with E-state index in [-0.39, 0.29) is 23.1 Å². The van der Waals surface area contributed by atoms with Gasteiger partial charge in [0.2, 0.25) is 5.91 Å². The van der Waals surface area contributed by atoms with Crippen molar-refractivity contribution >= 4 is 23.4 Å². The second-order valence-electron chi connectivity index (χ2n) is 4.58. The number of rotatable bonds is 3. The van der Waals surface area contributed by atoms with Crippen LogP contribution in [-0.2, 0) is 4.79 Å². The Morgan fingerprint density at radius 1 is 1.14 bits per heavy atom. The van der Waals surface area contributed by atoms with Crippen molar-refractivity contribution in [2.75, 3.05) is 27.3 Å². The lowest BCUT2D eigenvalue weighted by atomic mass is 10.1. The Hall–Kier alpha value is -1.95. The topological polar surface area (TPSA) is 59.1 Å². The summed E-state index contributed by atoms with van der Waals surface area (Å²) in [4.78, 5) is 24.4. The van der Waals surface area contributed by atoms with Crippen molar-refractivity contribution in [3.05, 3.63) is 22.7 Å². The summed E-state index contributed by atoms with van der Waals surface area (Å²) in [7, 11) is 2.90. The molecule has 1 saturated heterocycles. The molecule has 0 unspecified atom stereocenters. The van der Waals surface area contributed by atoms with Crippen LogP contribution in [-0.4, -0.2) is 49.1 Å². The van der Waals surface area contributed by atoms with Crippen LogP contribution in [0.2, 0.25) is 5.02 Å². The zero-order chi connectivity index (χ0) is 15.6. The molecule has 0 bridgehead atoms. The summed E-state index contributed by atoms with van der Waals surface area (Å²) in [5, 5.41) is 3.14. The second kappa shape index (κ2) is 6.22. The summed E-state index contributed by atoms with van der Waals surface area (Å²) in [6.45, 7) is 2.42. The number of carbonyl (C=O) groups is 2. The van der Waals surface area contributed by atoms with E-state index in [4.69, 9.17) is 21.1 Å². The molecule has 1 heterocycles. The van der Waals surface area contributed by atoms with Gasteiger partial charge in [-0.25, -0.2) is 5.01 Å². The van der Waals surface area contributed by atoms with Gasteiger partial charge in [0.05, 0.1) is 19.2 Å². The second-order valence-corrected chi connectivity index (χ2v) is 4.99. The minimum atomic E-state index is -0.362. The number of carbonyl (C=O) groups excluding carboxylic acids is 2. The predicted octanol–water partition coefficient (Wildman–Crippen LogP) is 1.97. The highest BCUT2D eigenvalue weighted by molar-refractivity contribution is 6.32. The molecule has 0 spiro atoms. The van der Waals surface area contributed by atoms with Crippen LogP contribution in [0.25, 0.3) is 0 Å². The largest absolute Gasteiger partial charge is 0.496 e. The minimum absolute atomic E-state index is 0.180. The molecule has 2 rings (SSSR count). The molecule has 6 nitrogen and oxygen atoms in total. The van der Waals surface area contributed by atoms with Crippen molar-refractivity contribution in [2.24, 2.45) is 0 Å². The third kappa shape index (κ3) is 2.76. The number of methoxy groups -OCH3 is 2. The van der Waals surface area contributed by atoms with Gasteiger partial charge in [-0.2, -0.15) is 0 Å². The van der Waals surface area contributed by atoms with Gasteiger partial charge >= 0.3 is 0 Å². The van der Waals surface area contributed by atoms with Crippen LogP contribution in [0.4, 0.5) is 0 Å². The maximum Gasteiger partial charge on any atom is 0.280 e. The number of amides is 2. The van der Waals surface area contributed by atoms with E-state index in [9.17, 15) is 9.59 Å². The van der Waals surface area contributed by atoms with Crippen LogP contribution >= 0.6 is 11.6 Å². The van der Waals surface area contributed by atoms with E-state index in [2.05, 4.69) is 0 Å². The molecular weight excluding hydrogens is 296 g/mol. The summed E-state index contributed by atoms with van der Waals surface area (Å²) in [6, 6.07) is 3.20. The fourth-order valence-corrected chi connectivity index (χ4v) is 2.63. The van der Waals surface area contributed by atoms with E-state index < -0.39 is 0 Å². The number of halogens is 1. The number of hydrogen-bond acceptors (Lipinski definition) is 4. The Morgan fingerprint density at radius 3 is 2.38 bits per heavy atom. The van der Waals surface area contributed by atoms with E-state index in [1.165, 1.54) is 31.2 Å². The fraction of sp³-hybridized carbons (Fsp3) is 0.429. The highest BCUT2D eigenvalue weighted by Crippen LogP contribution is 2.36. The molecule has 0 saturated carbocycles. The quantitative estimate of drug-likeness (QED) is 0.856. The third-order valence-electron chi connectivity index (χ3n) is 3.34. The number of hydrogen-bond donors (Lipinski definition) is 0. The van der Waals surface area contributed by atoms with Gasteiger partial charge in [-0.15, -0.1) is 0 Å². The van der Waals surface area contributed by atoms with Crippen LogP contribution in [0.1, 0.15) is 23.7 Å². The van der Waals surface area contributed by atoms with Crippen molar-refractivity contribution in [1.29, 1.82) is 0 Å². The Bertz CT molecular complexity index is 576. The van der Waals surface area contributed by atoms with Gasteiger partial charge in [0.25, 0.3) is 5.91 Å². The zero-order valence-electron chi connectivity index (χ0n) is 12.2. The van der Waals surface area contributed by atoms with E-state index >= 15 is 0 Å². The summed E-state index contributed by atoms with van der Waals surface area (Å²) in [6.07, 6.45) is 0.733. The predicted molar refractivity (Wildman–Crippen MR) is 77.6 cm³/mol. The number of nitrogens with zero attached hydrogens (tertiary/aromatic N) is 2. The van der Waals surface area contributed by atoms with Gasteiger partial charge in [0.1, 0.15) is 11.3 Å². The van der Waals surface area contributed by atoms with Crippen molar-refractivity contribution in [2.45, 2.75) is 13.3 Å². The van der Waals surface area contributed by atoms with Crippen molar-refractivity contribution in [1.82, 2.24) is 10.0 Å². The normalized spacial score (nSPS) is 14.3. The summed E-state index contributed by atoms with van der Waals surface area (Å²) in [5.74, 6) is 0.0628. The fourth-order valence-electron chi connectivity index (χ4n) is 2.39. The van der Waals surface area contributed by atoms with Crippen LogP contribution < -0.4 is 9.47 Å². The van der Waals surface area contributed by atoms with E-state index in [1.807, 2.05) is 0 Å². The SMILES string of the molecule is COc1ccc(Cl)c(OC)c1C(=O)N1CCCN1C(C)=O. The highest BCUT2D eigenvalue weighted by atomic mass is 35.5. The Balaban J connectivity index is 2.47. The molecule has 114 valence electrons. The molecule has 2 amide bonds. The lowest BCUT2D eigenvalue weighted by Crippen LogP contribution is -2.44. The van der Waals surface area contributed by atoms with E-state index in [0.717, 1.165) is 6.42 Å². The van der Waals surface area contributed by atoms with Crippen molar-refractivity contribution in [3.8, 4) is 11.5 Å². The molecule has 0 aromatic heterocycles. The Kier molecular flexibility index (Phi) is 4.57. The molecule has 1 aliphatic rings. The maximum atomic E-state index is 12.8. The van der Waals surface area contributed by atoms with Crippen LogP contribution in [0.3, 0.4) is 0 Å². The average Bonchev–Trinajstić information content (AvgIpc) is 2.95. The Morgan fingerprint density at radius 2 is 1.81 bits per heavy atom. The first-order chi connectivity index (χ1) is 10.0. The van der Waals surface area contributed by atoms with Gasteiger partial charge in [-0.3, -0.25) is 14.6 Å². The van der Waals surface area contributed by atoms with Gasteiger partial charge in [-0.1, -0.05) is 11.6 Å². The molecule has 0 radical (unpaired) electrons. The molecule has 7 heteroatoms. The molecule has 0 atom stereocenters. The summed E-state index contributed by atoms with van der Waals surface area (Å²) in [5.41, 5.74) is 0.223. The number of ether oxygens (including phenoxy) is 2. The smallest absolute Gasteiger partial charge is 0.280 e. The van der Waals surface area contributed by atoms with Crippen LogP contribution in [0.5, 0.6) is 11.5 Å². The zero-order valence-corrected chi connectivity index (χ0v) is 12.9. The van der Waals surface area contributed by atoms with Gasteiger partial charge in [0.15, 0.2) is 5.75 Å². The van der Waals surface area contributed by atoms with E-state index in [0.29, 0.717) is 23.9 Å². The number of benzene rings is 1. The molecule has 1 aromatic rings. The molecule has 1 aromatic carbocycles. The Labute approximate surface area is 128 Å². The first-order valence-corrected chi connectivity index (χ1v) is 6.89. The van der Waals surface area contributed by atoms with Crippen molar-refractivity contribution < 1.29 is 19.1 Å². The lowest BCUT2D eigenvalue weighted by Gasteiger charge is -2.28. The first-order valence-electron chi connectivity index (χ1n) is 6.51. The molecule has 0 N–H and O–H groups in total. The van der Waals surface area contributed by atoms with Gasteiger partial charge in [-0.05, 0) is 18.6 Å². The number of hydrazine groups is 1. The molecule has 1 fully saturated rings. The van der Waals surface area contributed by atoms with Crippen LogP contribution in [0.15, 0.2) is 12.1 Å². The van der Waals surface area contributed by atoms with E-state index in [1.54, 1.807) is 12.1 Å². The average molecular weight is 313 g/mol. The van der Waals surface area contributed by atoms with Gasteiger partial charge in [0, 0.05) is 20.0 Å². The summed E-state index contributed by atoms with van der Waals surface area (Å²) >= 11 is 6.08. The molecule has 0 aliphatic carbocycles. The molecule has 1 aliphatic heterocycles. The monoisotopic (exact) mass is 312 g/mol. The molecular formula is C14H17ClN2O4. The standard InChI is InChI=1S/C14H17ClN2O4/c1-9(18)16-7-4-8-17(16)14(19)12-11(20-2)6-5-10(15)13(12)21-3/h5-6H,4,7-8H2,1-3H3. The summed E-state index contributed by atoms with van der Waals surface area (Å²) < 4.78 is 10.5. The minimum Gasteiger partial charge on any atom is -0.496 e. The maximum absolute atomic E-state index is 12.8.